The van der Waals surface area contributed by atoms with Crippen molar-refractivity contribution in [3.63, 3.8) is 0 Å². The van der Waals surface area contributed by atoms with Gasteiger partial charge in [-0.05, 0) is 208 Å². The van der Waals surface area contributed by atoms with Gasteiger partial charge in [-0.25, -0.2) is 38.2 Å². The molecular formula is C73H78B4N12O4+4. The summed E-state index contributed by atoms with van der Waals surface area (Å²) >= 11 is 0. The minimum Gasteiger partial charge on any atom is -0.439 e. The van der Waals surface area contributed by atoms with Gasteiger partial charge in [-0.3, -0.25) is 19.2 Å². The molecule has 0 aromatic carbocycles. The molecule has 20 heteroatoms. The Morgan fingerprint density at radius 2 is 0.634 bits per heavy atom. The molecule has 0 bridgehead atoms. The fourth-order valence-electron chi connectivity index (χ4n) is 12.8. The Morgan fingerprint density at radius 3 is 0.968 bits per heavy atom. The van der Waals surface area contributed by atoms with Crippen LogP contribution < -0.4 is 80.0 Å². The summed E-state index contributed by atoms with van der Waals surface area (Å²) in [4.78, 5) is 27.2. The van der Waals surface area contributed by atoms with Crippen LogP contribution in [0.15, 0.2) is 133 Å². The van der Waals surface area contributed by atoms with Gasteiger partial charge in [0.05, 0.1) is 120 Å². The van der Waals surface area contributed by atoms with Crippen molar-refractivity contribution >= 4 is 144 Å². The minimum absolute atomic E-state index is 0.215. The third kappa shape index (κ3) is 11.9. The van der Waals surface area contributed by atoms with E-state index in [1.165, 1.54) is 33.6 Å². The lowest BCUT2D eigenvalue weighted by Gasteiger charge is -2.19. The van der Waals surface area contributed by atoms with Crippen LogP contribution in [-0.2, 0) is 28.2 Å². The number of hydrogen-bond acceptors (Lipinski definition) is 12. The second-order valence-electron chi connectivity index (χ2n) is 25.6. The molecule has 16 rings (SSSR count). The lowest BCUT2D eigenvalue weighted by atomic mass is 9.62. The number of nitrogens with zero attached hydrogens (tertiary/aromatic N) is 12. The molecule has 0 saturated heterocycles. The van der Waals surface area contributed by atoms with Gasteiger partial charge in [0.2, 0.25) is 22.9 Å². The number of anilines is 4. The first-order valence-corrected chi connectivity index (χ1v) is 31.9. The Hall–Kier alpha value is -10.2. The first-order valence-electron chi connectivity index (χ1n) is 31.9. The van der Waals surface area contributed by atoms with Crippen LogP contribution in [0.2, 0.25) is 27.3 Å². The van der Waals surface area contributed by atoms with Crippen molar-refractivity contribution in [1.82, 2.24) is 19.9 Å². The zero-order valence-corrected chi connectivity index (χ0v) is 56.4. The Morgan fingerprint density at radius 1 is 0.323 bits per heavy atom. The van der Waals surface area contributed by atoms with E-state index in [4.69, 9.17) is 17.7 Å². The van der Waals surface area contributed by atoms with E-state index in [-0.39, 0.29) is 27.4 Å². The highest BCUT2D eigenvalue weighted by atomic mass is 16.3. The summed E-state index contributed by atoms with van der Waals surface area (Å²) in [5.41, 5.74) is 16.7. The third-order valence-corrected chi connectivity index (χ3v) is 18.0. The van der Waals surface area contributed by atoms with Gasteiger partial charge in [0.15, 0.2) is 0 Å². The zero-order valence-electron chi connectivity index (χ0n) is 56.4. The molecule has 12 aromatic heterocycles. The van der Waals surface area contributed by atoms with E-state index in [1.807, 2.05) is 52.0 Å². The van der Waals surface area contributed by atoms with Gasteiger partial charge in [-0.2, -0.15) is 0 Å². The van der Waals surface area contributed by atoms with Gasteiger partial charge in [0.1, 0.15) is 21.7 Å². The molecule has 0 radical (unpaired) electrons. The second kappa shape index (κ2) is 24.4. The average Bonchev–Trinajstić information content (AvgIpc) is 1.72. The van der Waals surface area contributed by atoms with Gasteiger partial charge >= 0.3 is 27.4 Å². The molecule has 0 unspecified atom stereocenters. The Bertz CT molecular complexity index is 5400. The topological polar surface area (TPSA) is 133 Å². The summed E-state index contributed by atoms with van der Waals surface area (Å²) in [6.45, 7) is 28.1. The summed E-state index contributed by atoms with van der Waals surface area (Å²) < 4.78 is 32.4. The van der Waals surface area contributed by atoms with Crippen molar-refractivity contribution < 1.29 is 35.9 Å². The van der Waals surface area contributed by atoms with Crippen LogP contribution in [0.4, 0.5) is 23.3 Å². The number of pyridine rings is 8. The molecule has 0 N–H and O–H groups in total. The van der Waals surface area contributed by atoms with E-state index in [9.17, 15) is 0 Å². The predicted octanol–water partition coefficient (Wildman–Crippen LogP) is 6.18. The van der Waals surface area contributed by atoms with E-state index >= 15 is 0 Å². The number of aryl methyl sites for hydroxylation is 13. The average molecular weight is 1230 g/mol. The SMILES string of the molecule is CB1C=c2oc3nc(C)ccc3c2=CN1c1cc(C)c(C)c[n+]1C.CB1C=c2oc3nc(C)ccc3c2=CN1c1cc(C)cc[n+]1C.CB1C=c2oc3nc(C)ccc3c2=CN1c1ccc(C)c[n+]1C.CB1C=c2oc3nc(C)ccc3c2=CN1c1ccc(C)c[n+]1C. The predicted molar refractivity (Wildman–Crippen MR) is 378 cm³/mol. The highest BCUT2D eigenvalue weighted by Crippen LogP contribution is 2.22. The highest BCUT2D eigenvalue weighted by molar-refractivity contribution is 6.78. The van der Waals surface area contributed by atoms with Crippen molar-refractivity contribution in [2.75, 3.05) is 19.2 Å². The van der Waals surface area contributed by atoms with Gasteiger partial charge < -0.3 is 17.7 Å². The molecule has 462 valence electrons. The largest absolute Gasteiger partial charge is 0.439 e. The van der Waals surface area contributed by atoms with Crippen molar-refractivity contribution in [2.45, 2.75) is 89.6 Å². The van der Waals surface area contributed by atoms with Crippen LogP contribution in [0.3, 0.4) is 0 Å². The quantitative estimate of drug-likeness (QED) is 0.147. The third-order valence-electron chi connectivity index (χ3n) is 18.0. The molecule has 0 fully saturated rings. The van der Waals surface area contributed by atoms with E-state index < -0.39 is 0 Å². The number of hydrogen-bond donors (Lipinski definition) is 0. The number of fused-ring (bicyclic) bond motifs is 12. The molecule has 93 heavy (non-hydrogen) atoms. The molecule has 0 amide bonds. The first kappa shape index (κ1) is 61.6. The van der Waals surface area contributed by atoms with Gasteiger partial charge in [-0.15, -0.1) is 0 Å². The zero-order chi connectivity index (χ0) is 65.4. The van der Waals surface area contributed by atoms with Crippen LogP contribution in [0.1, 0.15) is 50.6 Å². The van der Waals surface area contributed by atoms with Crippen LogP contribution in [0.25, 0.3) is 93.1 Å². The summed E-state index contributed by atoms with van der Waals surface area (Å²) in [5.74, 6) is 13.3. The molecule has 0 saturated carbocycles. The van der Waals surface area contributed by atoms with E-state index in [0.29, 0.717) is 22.9 Å². The van der Waals surface area contributed by atoms with Crippen LogP contribution in [0.5, 0.6) is 0 Å². The van der Waals surface area contributed by atoms with Gasteiger partial charge in [0, 0.05) is 47.0 Å². The second-order valence-corrected chi connectivity index (χ2v) is 25.6. The van der Waals surface area contributed by atoms with Crippen LogP contribution in [-0.4, -0.2) is 47.3 Å². The van der Waals surface area contributed by atoms with Crippen molar-refractivity contribution in [2.24, 2.45) is 28.2 Å². The van der Waals surface area contributed by atoms with E-state index in [0.717, 1.165) is 104 Å². The molecule has 16 nitrogen and oxygen atoms in total. The number of aromatic nitrogens is 8. The standard InChI is InChI=1S/C19H21BN3O.3C18H19BN3O/c1-12-8-18(22(5)10-13(12)2)23-11-16-15-7-6-14(3)21-19(15)24-17(16)9-20(23)4;2*1-12-5-8-17(21(4)10-12)22-11-15-14-7-6-13(2)20-18(14)23-16(15)9-19(22)3;1-12-7-8-21(4)17(9-12)22-11-15-14-6-5-13(2)20-18(14)23-16(15)10-19(22)3/h6-11H,1-5H3;3*5-11H,1-4H3/q4*+1. The first-order chi connectivity index (χ1) is 44.5. The van der Waals surface area contributed by atoms with E-state index in [2.05, 4.69) is 288 Å². The van der Waals surface area contributed by atoms with Crippen molar-refractivity contribution in [3.8, 4) is 0 Å². The molecule has 0 aliphatic carbocycles. The normalized spacial score (nSPS) is 13.7. The Kier molecular flexibility index (Phi) is 16.2. The van der Waals surface area contributed by atoms with Crippen LogP contribution in [0, 0.1) is 62.3 Å². The maximum Gasteiger partial charge on any atom is 0.405 e. The van der Waals surface area contributed by atoms with Crippen LogP contribution >= 0.6 is 0 Å². The molecule has 4 aliphatic rings. The lowest BCUT2D eigenvalue weighted by molar-refractivity contribution is -0.658. The number of furan rings is 4. The summed E-state index contributed by atoms with van der Waals surface area (Å²) in [5, 5.41) is 8.67. The fourth-order valence-corrected chi connectivity index (χ4v) is 12.8. The summed E-state index contributed by atoms with van der Waals surface area (Å²) in [7, 11) is 8.33. The summed E-state index contributed by atoms with van der Waals surface area (Å²) in [6.07, 6.45) is 17.3. The Labute approximate surface area is 542 Å². The monoisotopic (exact) mass is 1230 g/mol. The fraction of sp³-hybridized carbons (Fsp3) is 0.233. The molecule has 0 atom stereocenters. The van der Waals surface area contributed by atoms with Gasteiger partial charge in [0.25, 0.3) is 23.3 Å². The number of rotatable bonds is 4. The van der Waals surface area contributed by atoms with Crippen molar-refractivity contribution in [1.29, 1.82) is 0 Å². The molecule has 16 heterocycles. The van der Waals surface area contributed by atoms with Gasteiger partial charge in [-0.1, -0.05) is 0 Å². The molecule has 4 aliphatic heterocycles. The highest BCUT2D eigenvalue weighted by Gasteiger charge is 2.34. The van der Waals surface area contributed by atoms with E-state index in [1.54, 1.807) is 0 Å². The smallest absolute Gasteiger partial charge is 0.405 e. The molecular weight excluding hydrogens is 1150 g/mol. The molecule has 0 spiro atoms. The maximum absolute atomic E-state index is 5.97. The molecule has 12 aromatic rings. The maximum atomic E-state index is 5.97. The lowest BCUT2D eigenvalue weighted by Crippen LogP contribution is -2.47. The Balaban J connectivity index is 0.000000113. The minimum atomic E-state index is 0.215. The summed E-state index contributed by atoms with van der Waals surface area (Å²) in [6, 6.07) is 31.7. The van der Waals surface area contributed by atoms with Crippen molar-refractivity contribution in [3.05, 3.63) is 209 Å².